The van der Waals surface area contributed by atoms with Crippen LogP contribution in [-0.4, -0.2) is 46.6 Å². The van der Waals surface area contributed by atoms with E-state index in [1.807, 2.05) is 27.7 Å². The molecule has 1 fully saturated rings. The van der Waals surface area contributed by atoms with Gasteiger partial charge in [0, 0.05) is 25.1 Å². The van der Waals surface area contributed by atoms with Crippen LogP contribution in [0.3, 0.4) is 0 Å². The van der Waals surface area contributed by atoms with Crippen LogP contribution < -0.4 is 5.56 Å². The first-order valence-corrected chi connectivity index (χ1v) is 8.26. The Bertz CT molecular complexity index is 625. The van der Waals surface area contributed by atoms with Crippen molar-refractivity contribution in [2.45, 2.75) is 59.0 Å². The van der Waals surface area contributed by atoms with Gasteiger partial charge in [-0.3, -0.25) is 9.59 Å². The minimum absolute atomic E-state index is 0.0695. The highest BCUT2D eigenvalue weighted by atomic mass is 16.5. The molecule has 0 radical (unpaired) electrons. The molecule has 0 bridgehead atoms. The zero-order chi connectivity index (χ0) is 17.2. The van der Waals surface area contributed by atoms with Crippen molar-refractivity contribution in [3.05, 3.63) is 27.4 Å². The summed E-state index contributed by atoms with van der Waals surface area (Å²) >= 11 is 0. The molecule has 0 spiro atoms. The monoisotopic (exact) mass is 321 g/mol. The van der Waals surface area contributed by atoms with Crippen molar-refractivity contribution in [1.82, 2.24) is 14.9 Å². The van der Waals surface area contributed by atoms with Gasteiger partial charge < -0.3 is 14.6 Å². The Morgan fingerprint density at radius 2 is 2.13 bits per heavy atom. The minimum atomic E-state index is -0.363. The Kier molecular flexibility index (Phi) is 5.24. The highest BCUT2D eigenvalue weighted by molar-refractivity contribution is 5.94. The van der Waals surface area contributed by atoms with E-state index in [0.717, 1.165) is 19.4 Å². The summed E-state index contributed by atoms with van der Waals surface area (Å²) in [5, 5.41) is 0. The molecule has 1 unspecified atom stereocenters. The van der Waals surface area contributed by atoms with Gasteiger partial charge in [-0.2, -0.15) is 0 Å². The molecule has 6 nitrogen and oxygen atoms in total. The maximum atomic E-state index is 12.8. The van der Waals surface area contributed by atoms with Gasteiger partial charge in [0.2, 0.25) is 0 Å². The SMILES string of the molecule is CCN(CC1CCCO1)C(=O)c1c(C)nc(C(C)(C)C)[nH]c1=O. The number of rotatable bonds is 4. The van der Waals surface area contributed by atoms with Crippen LogP contribution in [0.25, 0.3) is 0 Å². The van der Waals surface area contributed by atoms with E-state index in [9.17, 15) is 9.59 Å². The summed E-state index contributed by atoms with van der Waals surface area (Å²) in [6, 6.07) is 0. The molecule has 1 aromatic heterocycles. The van der Waals surface area contributed by atoms with E-state index in [1.54, 1.807) is 11.8 Å². The minimum Gasteiger partial charge on any atom is -0.376 e. The summed E-state index contributed by atoms with van der Waals surface area (Å²) in [6.07, 6.45) is 2.05. The van der Waals surface area contributed by atoms with Crippen molar-refractivity contribution in [3.63, 3.8) is 0 Å². The Labute approximate surface area is 137 Å². The smallest absolute Gasteiger partial charge is 0.264 e. The van der Waals surface area contributed by atoms with Crippen molar-refractivity contribution >= 4 is 5.91 Å². The van der Waals surface area contributed by atoms with Crippen molar-refractivity contribution in [2.24, 2.45) is 0 Å². The van der Waals surface area contributed by atoms with Crippen LogP contribution in [0.5, 0.6) is 0 Å². The van der Waals surface area contributed by atoms with Crippen molar-refractivity contribution < 1.29 is 9.53 Å². The number of aryl methyl sites for hydroxylation is 1. The van der Waals surface area contributed by atoms with E-state index >= 15 is 0 Å². The highest BCUT2D eigenvalue weighted by Crippen LogP contribution is 2.18. The topological polar surface area (TPSA) is 75.3 Å². The molecule has 0 aromatic carbocycles. The van der Waals surface area contributed by atoms with Crippen molar-refractivity contribution in [3.8, 4) is 0 Å². The number of likely N-dealkylation sites (N-methyl/N-ethyl adjacent to an activating group) is 1. The Morgan fingerprint density at radius 1 is 1.43 bits per heavy atom. The normalized spacial score (nSPS) is 18.2. The van der Waals surface area contributed by atoms with E-state index in [4.69, 9.17) is 4.74 Å². The Hall–Kier alpha value is -1.69. The van der Waals surface area contributed by atoms with Crippen molar-refractivity contribution in [1.29, 1.82) is 0 Å². The lowest BCUT2D eigenvalue weighted by Crippen LogP contribution is -2.41. The number of aromatic amines is 1. The summed E-state index contributed by atoms with van der Waals surface area (Å²) in [5.41, 5.74) is -0.0151. The van der Waals surface area contributed by atoms with E-state index < -0.39 is 0 Å². The Morgan fingerprint density at radius 3 is 2.61 bits per heavy atom. The number of ether oxygens (including phenoxy) is 1. The third-order valence-corrected chi connectivity index (χ3v) is 4.14. The molecule has 0 saturated carbocycles. The van der Waals surface area contributed by atoms with Gasteiger partial charge in [-0.1, -0.05) is 20.8 Å². The summed E-state index contributed by atoms with van der Waals surface area (Å²) < 4.78 is 5.60. The molecular formula is C17H27N3O3. The van der Waals surface area contributed by atoms with Crippen LogP contribution in [0.4, 0.5) is 0 Å². The first-order valence-electron chi connectivity index (χ1n) is 8.26. The fourth-order valence-electron chi connectivity index (χ4n) is 2.74. The predicted molar refractivity (Wildman–Crippen MR) is 88.8 cm³/mol. The fourth-order valence-corrected chi connectivity index (χ4v) is 2.74. The summed E-state index contributed by atoms with van der Waals surface area (Å²) in [7, 11) is 0. The third-order valence-electron chi connectivity index (χ3n) is 4.14. The molecule has 1 aromatic rings. The zero-order valence-corrected chi connectivity index (χ0v) is 14.7. The number of amides is 1. The highest BCUT2D eigenvalue weighted by Gasteiger charge is 2.27. The molecule has 2 rings (SSSR count). The van der Waals surface area contributed by atoms with Gasteiger partial charge in [0.1, 0.15) is 11.4 Å². The summed E-state index contributed by atoms with van der Waals surface area (Å²) in [6.45, 7) is 11.4. The van der Waals surface area contributed by atoms with Gasteiger partial charge in [-0.15, -0.1) is 0 Å². The molecule has 128 valence electrons. The fraction of sp³-hybridized carbons (Fsp3) is 0.706. The molecular weight excluding hydrogens is 294 g/mol. The van der Waals surface area contributed by atoms with Crippen LogP contribution in [0.1, 0.15) is 62.4 Å². The Balaban J connectivity index is 2.28. The number of aromatic nitrogens is 2. The molecule has 1 atom stereocenters. The number of H-pyrrole nitrogens is 1. The van der Waals surface area contributed by atoms with Crippen LogP contribution in [0, 0.1) is 6.92 Å². The van der Waals surface area contributed by atoms with Gasteiger partial charge in [0.05, 0.1) is 11.8 Å². The van der Waals surface area contributed by atoms with Crippen LogP contribution in [-0.2, 0) is 10.2 Å². The number of carbonyl (C=O) groups excluding carboxylic acids is 1. The van der Waals surface area contributed by atoms with Crippen LogP contribution >= 0.6 is 0 Å². The number of hydrogen-bond acceptors (Lipinski definition) is 4. The summed E-state index contributed by atoms with van der Waals surface area (Å²) in [4.78, 5) is 34.1. The second-order valence-electron chi connectivity index (χ2n) is 7.10. The first kappa shape index (κ1) is 17.7. The van der Waals surface area contributed by atoms with E-state index in [1.165, 1.54) is 0 Å². The lowest BCUT2D eigenvalue weighted by molar-refractivity contribution is 0.0536. The molecule has 0 aliphatic carbocycles. The summed E-state index contributed by atoms with van der Waals surface area (Å²) in [5.74, 6) is 0.327. The lowest BCUT2D eigenvalue weighted by atomic mass is 9.95. The van der Waals surface area contributed by atoms with Gasteiger partial charge in [0.15, 0.2) is 0 Å². The average Bonchev–Trinajstić information content (AvgIpc) is 2.95. The molecule has 2 heterocycles. The standard InChI is InChI=1S/C17H27N3O3/c1-6-20(10-12-8-7-9-23-12)15(22)13-11(2)18-16(17(3,4)5)19-14(13)21/h12H,6-10H2,1-5H3,(H,18,19,21). The second-order valence-corrected chi connectivity index (χ2v) is 7.10. The molecule has 1 amide bonds. The van der Waals surface area contributed by atoms with E-state index in [2.05, 4.69) is 9.97 Å². The maximum absolute atomic E-state index is 12.8. The molecule has 6 heteroatoms. The van der Waals surface area contributed by atoms with Gasteiger partial charge in [0.25, 0.3) is 11.5 Å². The average molecular weight is 321 g/mol. The van der Waals surface area contributed by atoms with E-state index in [-0.39, 0.29) is 28.5 Å². The quantitative estimate of drug-likeness (QED) is 0.920. The molecule has 1 saturated heterocycles. The van der Waals surface area contributed by atoms with Crippen LogP contribution in [0.15, 0.2) is 4.79 Å². The lowest BCUT2D eigenvalue weighted by Gasteiger charge is -2.25. The number of hydrogen-bond donors (Lipinski definition) is 1. The largest absolute Gasteiger partial charge is 0.376 e. The third kappa shape index (κ3) is 3.99. The van der Waals surface area contributed by atoms with Crippen molar-refractivity contribution in [2.75, 3.05) is 19.7 Å². The van der Waals surface area contributed by atoms with Gasteiger partial charge in [-0.05, 0) is 26.7 Å². The van der Waals surface area contributed by atoms with E-state index in [0.29, 0.717) is 24.6 Å². The molecule has 1 N–H and O–H groups in total. The maximum Gasteiger partial charge on any atom is 0.264 e. The first-order chi connectivity index (χ1) is 10.7. The number of nitrogens with zero attached hydrogens (tertiary/aromatic N) is 2. The second kappa shape index (κ2) is 6.83. The zero-order valence-electron chi connectivity index (χ0n) is 14.7. The molecule has 23 heavy (non-hydrogen) atoms. The van der Waals surface area contributed by atoms with Gasteiger partial charge in [-0.25, -0.2) is 4.98 Å². The van der Waals surface area contributed by atoms with Crippen LogP contribution in [0.2, 0.25) is 0 Å². The number of carbonyl (C=O) groups is 1. The predicted octanol–water partition coefficient (Wildman–Crippen LogP) is 2.02. The number of nitrogens with one attached hydrogen (secondary N) is 1. The molecule has 1 aliphatic rings. The molecule has 1 aliphatic heterocycles. The van der Waals surface area contributed by atoms with Gasteiger partial charge >= 0.3 is 0 Å².